The average molecular weight is 290 g/mol. The number of nitrogens with zero attached hydrogens (tertiary/aromatic N) is 1. The van der Waals surface area contributed by atoms with E-state index in [2.05, 4.69) is 0 Å². The van der Waals surface area contributed by atoms with Gasteiger partial charge >= 0.3 is 0 Å². The summed E-state index contributed by atoms with van der Waals surface area (Å²) in [6, 6.07) is 7.46. The molecule has 0 saturated carbocycles. The largest absolute Gasteiger partial charge is 0.368 e. The van der Waals surface area contributed by atoms with Gasteiger partial charge in [-0.2, -0.15) is 0 Å². The molecular formula is C15H18N2O2S. The molecule has 2 atom stereocenters. The summed E-state index contributed by atoms with van der Waals surface area (Å²) >= 11 is 1.70. The van der Waals surface area contributed by atoms with Crippen molar-refractivity contribution in [2.24, 2.45) is 5.73 Å². The SMILES string of the molecule is NC(=O)[C@@H]1Cc2ccccc2CN1C(=O)[C@@H]1CCCS1. The fraction of sp³-hybridized carbons (Fsp3) is 0.467. The molecule has 0 unspecified atom stereocenters. The van der Waals surface area contributed by atoms with Crippen molar-refractivity contribution in [2.45, 2.75) is 37.1 Å². The number of rotatable bonds is 2. The molecule has 20 heavy (non-hydrogen) atoms. The van der Waals surface area contributed by atoms with Gasteiger partial charge in [0.25, 0.3) is 0 Å². The minimum absolute atomic E-state index is 0.00196. The van der Waals surface area contributed by atoms with Crippen LogP contribution in [0, 0.1) is 0 Å². The summed E-state index contributed by atoms with van der Waals surface area (Å²) in [6.45, 7) is 0.500. The predicted octanol–water partition coefficient (Wildman–Crippen LogP) is 1.32. The zero-order valence-corrected chi connectivity index (χ0v) is 12.1. The second-order valence-corrected chi connectivity index (χ2v) is 6.67. The number of carbonyl (C=O) groups is 2. The normalized spacial score (nSPS) is 25.3. The third kappa shape index (κ3) is 2.42. The molecule has 2 heterocycles. The smallest absolute Gasteiger partial charge is 0.240 e. The van der Waals surface area contributed by atoms with E-state index in [-0.39, 0.29) is 11.2 Å². The topological polar surface area (TPSA) is 63.4 Å². The summed E-state index contributed by atoms with van der Waals surface area (Å²) in [4.78, 5) is 26.0. The summed E-state index contributed by atoms with van der Waals surface area (Å²) < 4.78 is 0. The Morgan fingerprint density at radius 1 is 1.25 bits per heavy atom. The first-order chi connectivity index (χ1) is 9.66. The molecule has 3 rings (SSSR count). The van der Waals surface area contributed by atoms with Gasteiger partial charge in [0.2, 0.25) is 11.8 Å². The summed E-state index contributed by atoms with van der Waals surface area (Å²) in [5, 5.41) is 0.00196. The first kappa shape index (κ1) is 13.5. The molecule has 1 fully saturated rings. The van der Waals surface area contributed by atoms with E-state index in [4.69, 9.17) is 5.73 Å². The Kier molecular flexibility index (Phi) is 3.70. The lowest BCUT2D eigenvalue weighted by Crippen LogP contribution is -2.53. The standard InChI is InChI=1S/C15H18N2O2S/c16-14(18)12-8-10-4-1-2-5-11(10)9-17(12)15(19)13-6-3-7-20-13/h1-2,4-5,12-13H,3,6-9H2,(H2,16,18)/t12-,13-/m0/s1. The molecule has 2 amide bonds. The van der Waals surface area contributed by atoms with Crippen LogP contribution in [-0.4, -0.2) is 33.8 Å². The molecule has 2 N–H and O–H groups in total. The molecule has 0 radical (unpaired) electrons. The maximum Gasteiger partial charge on any atom is 0.240 e. The Morgan fingerprint density at radius 3 is 2.65 bits per heavy atom. The van der Waals surface area contributed by atoms with Crippen LogP contribution < -0.4 is 5.73 Å². The third-order valence-corrected chi connectivity index (χ3v) is 5.43. The van der Waals surface area contributed by atoms with Gasteiger partial charge in [-0.3, -0.25) is 9.59 Å². The molecule has 2 aliphatic heterocycles. The number of hydrogen-bond donors (Lipinski definition) is 1. The number of amides is 2. The number of nitrogens with two attached hydrogens (primary N) is 1. The van der Waals surface area contributed by atoms with Crippen molar-refractivity contribution in [1.82, 2.24) is 4.90 Å². The van der Waals surface area contributed by atoms with E-state index < -0.39 is 11.9 Å². The van der Waals surface area contributed by atoms with Crippen molar-refractivity contribution >= 4 is 23.6 Å². The second-order valence-electron chi connectivity index (χ2n) is 5.36. The molecular weight excluding hydrogens is 272 g/mol. The molecule has 1 saturated heterocycles. The van der Waals surface area contributed by atoms with Crippen molar-refractivity contribution in [3.63, 3.8) is 0 Å². The molecule has 0 aromatic heterocycles. The Labute approximate surface area is 122 Å². The van der Waals surface area contributed by atoms with Crippen LogP contribution in [0.3, 0.4) is 0 Å². The molecule has 4 nitrogen and oxygen atoms in total. The first-order valence-corrected chi connectivity index (χ1v) is 8.00. The molecule has 1 aromatic carbocycles. The van der Waals surface area contributed by atoms with E-state index in [0.717, 1.165) is 29.7 Å². The zero-order chi connectivity index (χ0) is 14.1. The lowest BCUT2D eigenvalue weighted by molar-refractivity contribution is -0.140. The van der Waals surface area contributed by atoms with Crippen LogP contribution in [0.15, 0.2) is 24.3 Å². The number of fused-ring (bicyclic) bond motifs is 1. The minimum Gasteiger partial charge on any atom is -0.368 e. The Morgan fingerprint density at radius 2 is 2.00 bits per heavy atom. The maximum absolute atomic E-state index is 12.6. The highest BCUT2D eigenvalue weighted by Gasteiger charge is 2.37. The number of benzene rings is 1. The Balaban J connectivity index is 1.88. The van der Waals surface area contributed by atoms with Crippen molar-refractivity contribution in [1.29, 1.82) is 0 Å². The summed E-state index contributed by atoms with van der Waals surface area (Å²) in [7, 11) is 0. The van der Waals surface area contributed by atoms with Crippen LogP contribution in [-0.2, 0) is 22.6 Å². The van der Waals surface area contributed by atoms with Crippen LogP contribution in [0.1, 0.15) is 24.0 Å². The summed E-state index contributed by atoms with van der Waals surface area (Å²) in [5.41, 5.74) is 7.76. The van der Waals surface area contributed by atoms with E-state index in [1.165, 1.54) is 0 Å². The number of carbonyl (C=O) groups excluding carboxylic acids is 2. The van der Waals surface area contributed by atoms with Crippen LogP contribution >= 0.6 is 11.8 Å². The van der Waals surface area contributed by atoms with Gasteiger partial charge in [0.15, 0.2) is 0 Å². The van der Waals surface area contributed by atoms with E-state index in [0.29, 0.717) is 13.0 Å². The Hall–Kier alpha value is -1.49. The van der Waals surface area contributed by atoms with Crippen LogP contribution in [0.25, 0.3) is 0 Å². The van der Waals surface area contributed by atoms with Crippen molar-refractivity contribution in [3.8, 4) is 0 Å². The van der Waals surface area contributed by atoms with Gasteiger partial charge in [0.1, 0.15) is 6.04 Å². The maximum atomic E-state index is 12.6. The van der Waals surface area contributed by atoms with Gasteiger partial charge < -0.3 is 10.6 Å². The predicted molar refractivity (Wildman–Crippen MR) is 79.2 cm³/mol. The highest BCUT2D eigenvalue weighted by molar-refractivity contribution is 8.00. The van der Waals surface area contributed by atoms with E-state index in [1.807, 2.05) is 24.3 Å². The van der Waals surface area contributed by atoms with Crippen LogP contribution in [0.4, 0.5) is 0 Å². The van der Waals surface area contributed by atoms with Crippen LogP contribution in [0.5, 0.6) is 0 Å². The van der Waals surface area contributed by atoms with Crippen molar-refractivity contribution in [2.75, 3.05) is 5.75 Å². The quantitative estimate of drug-likeness (QED) is 0.893. The summed E-state index contributed by atoms with van der Waals surface area (Å²) in [5.74, 6) is 0.698. The van der Waals surface area contributed by atoms with Gasteiger partial charge in [-0.15, -0.1) is 11.8 Å². The number of hydrogen-bond acceptors (Lipinski definition) is 3. The van der Waals surface area contributed by atoms with E-state index >= 15 is 0 Å². The van der Waals surface area contributed by atoms with Crippen LogP contribution in [0.2, 0.25) is 0 Å². The number of thioether (sulfide) groups is 1. The molecule has 106 valence electrons. The van der Waals surface area contributed by atoms with Gasteiger partial charge in [-0.05, 0) is 29.7 Å². The highest BCUT2D eigenvalue weighted by atomic mass is 32.2. The van der Waals surface area contributed by atoms with Crippen molar-refractivity contribution in [3.05, 3.63) is 35.4 Å². The Bertz CT molecular complexity index is 540. The van der Waals surface area contributed by atoms with Gasteiger partial charge in [0.05, 0.1) is 5.25 Å². The van der Waals surface area contributed by atoms with Gasteiger partial charge in [-0.1, -0.05) is 24.3 Å². The minimum atomic E-state index is -0.501. The lowest BCUT2D eigenvalue weighted by atomic mass is 9.93. The van der Waals surface area contributed by atoms with E-state index in [1.54, 1.807) is 16.7 Å². The number of primary amides is 1. The first-order valence-electron chi connectivity index (χ1n) is 6.95. The summed E-state index contributed by atoms with van der Waals surface area (Å²) in [6.07, 6.45) is 2.52. The van der Waals surface area contributed by atoms with Crippen molar-refractivity contribution < 1.29 is 9.59 Å². The molecule has 0 bridgehead atoms. The monoisotopic (exact) mass is 290 g/mol. The molecule has 1 aromatic rings. The lowest BCUT2D eigenvalue weighted by Gasteiger charge is -2.36. The van der Waals surface area contributed by atoms with E-state index in [9.17, 15) is 9.59 Å². The molecule has 2 aliphatic rings. The highest BCUT2D eigenvalue weighted by Crippen LogP contribution is 2.31. The molecule has 0 spiro atoms. The second kappa shape index (κ2) is 5.48. The fourth-order valence-corrected chi connectivity index (χ4v) is 4.20. The van der Waals surface area contributed by atoms with Gasteiger partial charge in [0, 0.05) is 13.0 Å². The zero-order valence-electron chi connectivity index (χ0n) is 11.2. The third-order valence-electron chi connectivity index (χ3n) is 4.07. The van der Waals surface area contributed by atoms with Gasteiger partial charge in [-0.25, -0.2) is 0 Å². The molecule has 0 aliphatic carbocycles. The fourth-order valence-electron chi connectivity index (χ4n) is 2.97. The average Bonchev–Trinajstić information content (AvgIpc) is 2.99. The molecule has 5 heteroatoms.